The Bertz CT molecular complexity index is 1260. The maximum Gasteiger partial charge on any atom is 0.408 e. The van der Waals surface area contributed by atoms with Gasteiger partial charge in [-0.3, -0.25) is 19.2 Å². The first-order valence-electron chi connectivity index (χ1n) is 17.8. The minimum Gasteiger partial charge on any atom is -0.444 e. The molecule has 5 amide bonds. The maximum absolute atomic E-state index is 13.7. The number of carbonyl (C=O) groups is 5. The van der Waals surface area contributed by atoms with Crippen molar-refractivity contribution in [2.45, 2.75) is 130 Å². The number of likely N-dealkylation sites (tertiary alicyclic amines) is 1. The molecule has 13 heteroatoms. The number of aliphatic hydroxyl groups is 1. The molecule has 1 unspecified atom stereocenters. The van der Waals surface area contributed by atoms with Crippen LogP contribution < -0.4 is 21.3 Å². The number of ether oxygens (including phenoxy) is 1. The number of rotatable bonds is 18. The first-order chi connectivity index (χ1) is 23.4. The summed E-state index contributed by atoms with van der Waals surface area (Å²) in [5.41, 5.74) is 0.226. The molecule has 1 aliphatic heterocycles. The van der Waals surface area contributed by atoms with Crippen molar-refractivity contribution in [3.05, 3.63) is 35.9 Å². The fourth-order valence-electron chi connectivity index (χ4n) is 5.96. The molecular formula is C37H61N5O7S. The summed E-state index contributed by atoms with van der Waals surface area (Å²) in [7, 11) is 0. The topological polar surface area (TPSA) is 166 Å². The highest BCUT2D eigenvalue weighted by atomic mass is 32.2. The van der Waals surface area contributed by atoms with E-state index in [4.69, 9.17) is 4.74 Å². The van der Waals surface area contributed by atoms with Gasteiger partial charge >= 0.3 is 6.09 Å². The van der Waals surface area contributed by atoms with Gasteiger partial charge in [-0.1, -0.05) is 65.0 Å². The molecular weight excluding hydrogens is 659 g/mol. The molecule has 1 heterocycles. The highest BCUT2D eigenvalue weighted by Gasteiger charge is 2.38. The molecule has 0 aliphatic carbocycles. The summed E-state index contributed by atoms with van der Waals surface area (Å²) in [5, 5.41) is 22.8. The predicted molar refractivity (Wildman–Crippen MR) is 197 cm³/mol. The van der Waals surface area contributed by atoms with Gasteiger partial charge in [-0.25, -0.2) is 4.79 Å². The number of aliphatic hydroxyl groups excluding tert-OH is 1. The van der Waals surface area contributed by atoms with Gasteiger partial charge in [-0.2, -0.15) is 11.8 Å². The van der Waals surface area contributed by atoms with E-state index in [0.29, 0.717) is 44.5 Å². The number of carbonyl (C=O) groups excluding carboxylic acids is 5. The Morgan fingerprint density at radius 1 is 0.960 bits per heavy atom. The van der Waals surface area contributed by atoms with Crippen LogP contribution in [0.4, 0.5) is 4.79 Å². The molecule has 6 atom stereocenters. The SMILES string of the molecule is CSCC[C@H](NC(=O)[C@@H](NC(=O)OC(C)(C)C)C(C)C)C(=O)N[C@@H](CC(C)C)[C@@H](O)C[C@@H](C)C(=O)N1CCCC1C(=O)NCc1ccccc1. The van der Waals surface area contributed by atoms with Crippen molar-refractivity contribution in [1.29, 1.82) is 0 Å². The number of nitrogens with zero attached hydrogens (tertiary/aromatic N) is 1. The van der Waals surface area contributed by atoms with Gasteiger partial charge in [0.25, 0.3) is 0 Å². The van der Waals surface area contributed by atoms with E-state index in [1.54, 1.807) is 46.4 Å². The first-order valence-corrected chi connectivity index (χ1v) is 19.2. The molecule has 1 aliphatic rings. The third-order valence-electron chi connectivity index (χ3n) is 8.55. The van der Waals surface area contributed by atoms with Crippen LogP contribution in [-0.2, 0) is 30.5 Å². The zero-order chi connectivity index (χ0) is 37.6. The van der Waals surface area contributed by atoms with Crippen LogP contribution in [-0.4, -0.2) is 94.2 Å². The van der Waals surface area contributed by atoms with Crippen molar-refractivity contribution < 1.29 is 33.8 Å². The Morgan fingerprint density at radius 2 is 1.62 bits per heavy atom. The van der Waals surface area contributed by atoms with Crippen molar-refractivity contribution >= 4 is 41.5 Å². The Morgan fingerprint density at radius 3 is 2.20 bits per heavy atom. The normalized spacial score (nSPS) is 17.8. The fraction of sp³-hybridized carbons (Fsp3) is 0.703. The van der Waals surface area contributed by atoms with E-state index in [0.717, 1.165) is 5.56 Å². The van der Waals surface area contributed by atoms with Gasteiger partial charge in [-0.15, -0.1) is 0 Å². The molecule has 1 aromatic carbocycles. The number of hydrogen-bond acceptors (Lipinski definition) is 8. The van der Waals surface area contributed by atoms with Crippen LogP contribution in [0.5, 0.6) is 0 Å². The second kappa shape index (κ2) is 20.5. The Kier molecular flexibility index (Phi) is 17.6. The van der Waals surface area contributed by atoms with E-state index in [1.807, 2.05) is 50.4 Å². The number of amides is 5. The molecule has 0 spiro atoms. The van der Waals surface area contributed by atoms with Gasteiger partial charge in [0.15, 0.2) is 0 Å². The van der Waals surface area contributed by atoms with Crippen molar-refractivity contribution in [3.8, 4) is 0 Å². The summed E-state index contributed by atoms with van der Waals surface area (Å²) in [6.07, 6.45) is 2.27. The van der Waals surface area contributed by atoms with Gasteiger partial charge in [0.2, 0.25) is 23.6 Å². The number of thioether (sulfide) groups is 1. The van der Waals surface area contributed by atoms with E-state index in [2.05, 4.69) is 21.3 Å². The summed E-state index contributed by atoms with van der Waals surface area (Å²) in [6.45, 7) is 15.3. The average molecular weight is 720 g/mol. The molecule has 50 heavy (non-hydrogen) atoms. The smallest absolute Gasteiger partial charge is 0.408 e. The highest BCUT2D eigenvalue weighted by Crippen LogP contribution is 2.24. The van der Waals surface area contributed by atoms with Crippen molar-refractivity contribution in [2.24, 2.45) is 17.8 Å². The van der Waals surface area contributed by atoms with E-state index in [-0.39, 0.29) is 30.1 Å². The molecule has 282 valence electrons. The second-order valence-corrected chi connectivity index (χ2v) is 16.0. The molecule has 2 rings (SSSR count). The van der Waals surface area contributed by atoms with Gasteiger partial charge in [-0.05, 0) is 82.3 Å². The summed E-state index contributed by atoms with van der Waals surface area (Å²) in [4.78, 5) is 67.9. The number of benzene rings is 1. The number of hydrogen-bond donors (Lipinski definition) is 5. The Labute approximate surface area is 303 Å². The van der Waals surface area contributed by atoms with Crippen LogP contribution in [0.1, 0.15) is 93.1 Å². The van der Waals surface area contributed by atoms with E-state index in [1.165, 1.54) is 11.8 Å². The fourth-order valence-corrected chi connectivity index (χ4v) is 6.43. The largest absolute Gasteiger partial charge is 0.444 e. The molecule has 0 aromatic heterocycles. The quantitative estimate of drug-likeness (QED) is 0.152. The summed E-state index contributed by atoms with van der Waals surface area (Å²) in [5.74, 6) is -1.56. The van der Waals surface area contributed by atoms with Crippen LogP contribution >= 0.6 is 11.8 Å². The predicted octanol–water partition coefficient (Wildman–Crippen LogP) is 4.00. The van der Waals surface area contributed by atoms with E-state index in [9.17, 15) is 29.1 Å². The molecule has 5 N–H and O–H groups in total. The Balaban J connectivity index is 2.10. The van der Waals surface area contributed by atoms with Crippen molar-refractivity contribution in [2.75, 3.05) is 18.6 Å². The lowest BCUT2D eigenvalue weighted by Gasteiger charge is -2.32. The third kappa shape index (κ3) is 14.5. The minimum atomic E-state index is -1.05. The van der Waals surface area contributed by atoms with Gasteiger partial charge in [0.1, 0.15) is 23.7 Å². The molecule has 12 nitrogen and oxygen atoms in total. The van der Waals surface area contributed by atoms with E-state index >= 15 is 0 Å². The van der Waals surface area contributed by atoms with E-state index < -0.39 is 59.7 Å². The lowest BCUT2D eigenvalue weighted by atomic mass is 9.91. The van der Waals surface area contributed by atoms with Crippen LogP contribution in [0.25, 0.3) is 0 Å². The maximum atomic E-state index is 13.7. The summed E-state index contributed by atoms with van der Waals surface area (Å²) < 4.78 is 5.34. The van der Waals surface area contributed by atoms with Gasteiger partial charge < -0.3 is 36.0 Å². The Hall–Kier alpha value is -3.32. The minimum absolute atomic E-state index is 0.0857. The third-order valence-corrected chi connectivity index (χ3v) is 9.19. The monoisotopic (exact) mass is 719 g/mol. The van der Waals surface area contributed by atoms with Crippen LogP contribution in [0.3, 0.4) is 0 Å². The number of alkyl carbamates (subject to hydrolysis) is 1. The zero-order valence-electron chi connectivity index (χ0n) is 31.4. The van der Waals surface area contributed by atoms with Crippen molar-refractivity contribution in [3.63, 3.8) is 0 Å². The molecule has 0 bridgehead atoms. The van der Waals surface area contributed by atoms with Crippen LogP contribution in [0, 0.1) is 17.8 Å². The van der Waals surface area contributed by atoms with Crippen LogP contribution in [0.2, 0.25) is 0 Å². The molecule has 0 saturated carbocycles. The lowest BCUT2D eigenvalue weighted by Crippen LogP contribution is -2.58. The average Bonchev–Trinajstić information content (AvgIpc) is 3.53. The molecule has 1 fully saturated rings. The first kappa shape index (κ1) is 42.8. The molecule has 1 aromatic rings. The standard InChI is InChI=1S/C37H61N5O7S/c1-23(2)20-28(40-32(44)27(17-19-50-9)39-34(46)31(24(3)4)41-36(48)49-37(6,7)8)30(43)21-25(5)35(47)42-18-13-16-29(42)33(45)38-22-26-14-11-10-12-15-26/h10-12,14-15,23-25,27-31,43H,13,16-22H2,1-9H3,(H,38,45)(H,39,46)(H,40,44)(H,41,48)/t25-,27+,28+,29?,30+,31+/m1/s1. The second-order valence-electron chi connectivity index (χ2n) is 15.1. The van der Waals surface area contributed by atoms with Gasteiger partial charge in [0.05, 0.1) is 12.1 Å². The number of nitrogens with one attached hydrogen (secondary N) is 4. The van der Waals surface area contributed by atoms with Crippen molar-refractivity contribution in [1.82, 2.24) is 26.2 Å². The lowest BCUT2D eigenvalue weighted by molar-refractivity contribution is -0.142. The summed E-state index contributed by atoms with van der Waals surface area (Å²) in [6, 6.07) is 6.47. The highest BCUT2D eigenvalue weighted by molar-refractivity contribution is 7.98. The van der Waals surface area contributed by atoms with Gasteiger partial charge in [0, 0.05) is 19.0 Å². The molecule has 1 saturated heterocycles. The zero-order valence-corrected chi connectivity index (χ0v) is 32.2. The summed E-state index contributed by atoms with van der Waals surface area (Å²) >= 11 is 1.53. The van der Waals surface area contributed by atoms with Crippen LogP contribution in [0.15, 0.2) is 30.3 Å². The molecule has 0 radical (unpaired) electrons.